The maximum Gasteiger partial charge on any atom is 0.229 e. The van der Waals surface area contributed by atoms with Crippen LogP contribution in [0.25, 0.3) is 22.3 Å². The molecule has 4 rings (SSSR count). The molecule has 8 nitrogen and oxygen atoms in total. The highest BCUT2D eigenvalue weighted by atomic mass is 16.7. The number of ether oxygens (including phenoxy) is 2. The van der Waals surface area contributed by atoms with E-state index < -0.39 is 43.1 Å². The monoisotopic (exact) mass is 440 g/mol. The molecule has 168 valence electrons. The molecule has 1 aliphatic heterocycles. The number of rotatable bonds is 5. The standard InChI is InChI=1S/C24H24O8/c25-12-17-19(27)21(29)22(30)24(31-17)32-23-15(13-7-3-1-4-8-13)11-16(26)18(20(23)28)14-9-5-2-6-10-14/h1-11,17,19,21-22,24-30H,12H2/t17-,19-,21+,22-,24+/m0/s1. The summed E-state index contributed by atoms with van der Waals surface area (Å²) in [5, 5.41) is 61.8. The highest BCUT2D eigenvalue weighted by molar-refractivity contribution is 5.87. The first-order chi connectivity index (χ1) is 15.4. The van der Waals surface area contributed by atoms with Crippen LogP contribution in [0, 0.1) is 0 Å². The number of hydrogen-bond donors (Lipinski definition) is 6. The Morgan fingerprint density at radius 3 is 1.97 bits per heavy atom. The third kappa shape index (κ3) is 4.02. The van der Waals surface area contributed by atoms with E-state index in [1.165, 1.54) is 6.07 Å². The van der Waals surface area contributed by atoms with E-state index in [1.807, 2.05) is 0 Å². The SMILES string of the molecule is OC[C@@H]1O[C@H](Oc2c(-c3ccccc3)cc(O)c(-c3ccccc3)c2O)[C@@H](O)[C@H](O)[C@H]1O. The zero-order valence-corrected chi connectivity index (χ0v) is 16.9. The van der Waals surface area contributed by atoms with Crippen molar-refractivity contribution in [3.05, 3.63) is 66.7 Å². The molecule has 1 fully saturated rings. The van der Waals surface area contributed by atoms with Gasteiger partial charge in [-0.2, -0.15) is 0 Å². The van der Waals surface area contributed by atoms with Gasteiger partial charge in [-0.1, -0.05) is 60.7 Å². The van der Waals surface area contributed by atoms with Crippen molar-refractivity contribution >= 4 is 0 Å². The van der Waals surface area contributed by atoms with Gasteiger partial charge in [0.1, 0.15) is 30.2 Å². The molecule has 1 aliphatic rings. The van der Waals surface area contributed by atoms with Gasteiger partial charge < -0.3 is 40.1 Å². The van der Waals surface area contributed by atoms with Crippen molar-refractivity contribution in [3.8, 4) is 39.5 Å². The summed E-state index contributed by atoms with van der Waals surface area (Å²) in [6.45, 7) is -0.618. The molecule has 0 aromatic heterocycles. The molecule has 6 N–H and O–H groups in total. The Morgan fingerprint density at radius 2 is 1.38 bits per heavy atom. The fraction of sp³-hybridized carbons (Fsp3) is 0.250. The number of phenolic OH excluding ortho intramolecular Hbond substituents is 2. The van der Waals surface area contributed by atoms with E-state index in [4.69, 9.17) is 9.47 Å². The molecule has 3 aromatic rings. The van der Waals surface area contributed by atoms with Gasteiger partial charge in [-0.3, -0.25) is 0 Å². The normalized spacial score (nSPS) is 25.4. The van der Waals surface area contributed by atoms with E-state index in [9.17, 15) is 30.6 Å². The molecule has 0 radical (unpaired) electrons. The smallest absolute Gasteiger partial charge is 0.229 e. The number of aliphatic hydroxyl groups excluding tert-OH is 4. The second-order valence-electron chi connectivity index (χ2n) is 7.54. The number of phenols is 2. The molecule has 0 bridgehead atoms. The molecule has 1 heterocycles. The van der Waals surface area contributed by atoms with Gasteiger partial charge in [0.25, 0.3) is 0 Å². The van der Waals surface area contributed by atoms with Crippen LogP contribution in [0.1, 0.15) is 0 Å². The lowest BCUT2D eigenvalue weighted by atomic mass is 9.96. The van der Waals surface area contributed by atoms with Crippen LogP contribution in [0.15, 0.2) is 66.7 Å². The number of hydrogen-bond acceptors (Lipinski definition) is 8. The summed E-state index contributed by atoms with van der Waals surface area (Å²) >= 11 is 0. The number of aromatic hydroxyl groups is 2. The van der Waals surface area contributed by atoms with Gasteiger partial charge in [0.2, 0.25) is 6.29 Å². The van der Waals surface area contributed by atoms with Crippen LogP contribution >= 0.6 is 0 Å². The van der Waals surface area contributed by atoms with Gasteiger partial charge >= 0.3 is 0 Å². The van der Waals surface area contributed by atoms with Crippen LogP contribution in [0.3, 0.4) is 0 Å². The quantitative estimate of drug-likeness (QED) is 0.352. The van der Waals surface area contributed by atoms with Crippen molar-refractivity contribution in [1.29, 1.82) is 0 Å². The van der Waals surface area contributed by atoms with Crippen LogP contribution < -0.4 is 4.74 Å². The van der Waals surface area contributed by atoms with Gasteiger partial charge in [-0.15, -0.1) is 0 Å². The molecule has 1 saturated heterocycles. The van der Waals surface area contributed by atoms with Crippen LogP contribution in [0.5, 0.6) is 17.2 Å². The average molecular weight is 440 g/mol. The van der Waals surface area contributed by atoms with E-state index in [0.29, 0.717) is 16.7 Å². The lowest BCUT2D eigenvalue weighted by molar-refractivity contribution is -0.277. The van der Waals surface area contributed by atoms with Gasteiger partial charge in [0, 0.05) is 5.56 Å². The van der Waals surface area contributed by atoms with E-state index in [-0.39, 0.29) is 17.1 Å². The van der Waals surface area contributed by atoms with Crippen LogP contribution in [0.2, 0.25) is 0 Å². The fourth-order valence-electron chi connectivity index (χ4n) is 3.76. The van der Waals surface area contributed by atoms with E-state index in [1.54, 1.807) is 60.7 Å². The van der Waals surface area contributed by atoms with Gasteiger partial charge in [0.05, 0.1) is 12.2 Å². The molecule has 0 amide bonds. The Morgan fingerprint density at radius 1 is 0.781 bits per heavy atom. The minimum atomic E-state index is -1.66. The van der Waals surface area contributed by atoms with Gasteiger partial charge in [-0.05, 0) is 17.2 Å². The Bertz CT molecular complexity index is 1050. The minimum absolute atomic E-state index is 0.0998. The summed E-state index contributed by atoms with van der Waals surface area (Å²) in [6.07, 6.45) is -7.53. The maximum atomic E-state index is 11.1. The van der Waals surface area contributed by atoms with E-state index in [0.717, 1.165) is 0 Å². The van der Waals surface area contributed by atoms with E-state index in [2.05, 4.69) is 0 Å². The van der Waals surface area contributed by atoms with Crippen LogP contribution in [-0.4, -0.2) is 68.0 Å². The molecular weight excluding hydrogens is 416 g/mol. The molecule has 3 aromatic carbocycles. The van der Waals surface area contributed by atoms with E-state index >= 15 is 0 Å². The summed E-state index contributed by atoms with van der Waals surface area (Å²) in [6, 6.07) is 19.0. The Hall–Kier alpha value is -3.14. The van der Waals surface area contributed by atoms with Crippen molar-refractivity contribution in [2.45, 2.75) is 30.7 Å². The first kappa shape index (κ1) is 22.1. The molecule has 32 heavy (non-hydrogen) atoms. The summed E-state index contributed by atoms with van der Waals surface area (Å²) < 4.78 is 11.3. The highest BCUT2D eigenvalue weighted by Gasteiger charge is 2.45. The summed E-state index contributed by atoms with van der Waals surface area (Å²) in [5.41, 5.74) is 1.57. The number of benzene rings is 3. The van der Waals surface area contributed by atoms with Crippen molar-refractivity contribution in [2.75, 3.05) is 6.61 Å². The second kappa shape index (κ2) is 9.15. The molecule has 0 spiro atoms. The second-order valence-corrected chi connectivity index (χ2v) is 7.54. The van der Waals surface area contributed by atoms with Crippen molar-refractivity contribution in [2.24, 2.45) is 0 Å². The van der Waals surface area contributed by atoms with Gasteiger partial charge in [-0.25, -0.2) is 0 Å². The lowest BCUT2D eigenvalue weighted by Gasteiger charge is -2.39. The van der Waals surface area contributed by atoms with Crippen molar-refractivity contribution in [3.63, 3.8) is 0 Å². The predicted octanol–water partition coefficient (Wildman–Crippen LogP) is 1.61. The summed E-state index contributed by atoms with van der Waals surface area (Å²) in [4.78, 5) is 0. The first-order valence-electron chi connectivity index (χ1n) is 10.1. The molecular formula is C24H24O8. The minimum Gasteiger partial charge on any atom is -0.507 e. The lowest BCUT2D eigenvalue weighted by Crippen LogP contribution is -2.60. The topological polar surface area (TPSA) is 140 Å². The Kier molecular flexibility index (Phi) is 6.31. The Balaban J connectivity index is 1.84. The molecule has 8 heteroatoms. The first-order valence-corrected chi connectivity index (χ1v) is 10.1. The number of aliphatic hydroxyl groups is 4. The van der Waals surface area contributed by atoms with Gasteiger partial charge in [0.15, 0.2) is 11.5 Å². The Labute approximate surface area is 184 Å². The summed E-state index contributed by atoms with van der Waals surface area (Å²) in [5.74, 6) is -0.682. The molecule has 0 aliphatic carbocycles. The third-order valence-electron chi connectivity index (χ3n) is 5.46. The highest BCUT2D eigenvalue weighted by Crippen LogP contribution is 2.49. The predicted molar refractivity (Wildman–Crippen MR) is 115 cm³/mol. The van der Waals surface area contributed by atoms with Crippen molar-refractivity contribution in [1.82, 2.24) is 0 Å². The van der Waals surface area contributed by atoms with Crippen LogP contribution in [0.4, 0.5) is 0 Å². The average Bonchev–Trinajstić information content (AvgIpc) is 2.82. The summed E-state index contributed by atoms with van der Waals surface area (Å²) in [7, 11) is 0. The van der Waals surface area contributed by atoms with Crippen LogP contribution in [-0.2, 0) is 4.74 Å². The largest absolute Gasteiger partial charge is 0.507 e. The van der Waals surface area contributed by atoms with Crippen molar-refractivity contribution < 1.29 is 40.1 Å². The third-order valence-corrected chi connectivity index (χ3v) is 5.46. The fourth-order valence-corrected chi connectivity index (χ4v) is 3.76. The zero-order valence-electron chi connectivity index (χ0n) is 16.9. The maximum absolute atomic E-state index is 11.1. The molecule has 0 unspecified atom stereocenters. The molecule has 5 atom stereocenters. The molecule has 0 saturated carbocycles. The zero-order chi connectivity index (χ0) is 22.8.